The first-order valence-electron chi connectivity index (χ1n) is 8.49. The first-order chi connectivity index (χ1) is 13.6. The van der Waals surface area contributed by atoms with Crippen molar-refractivity contribution in [2.75, 3.05) is 5.32 Å². The summed E-state index contributed by atoms with van der Waals surface area (Å²) in [6, 6.07) is 9.97. The Balaban J connectivity index is 1.63. The summed E-state index contributed by atoms with van der Waals surface area (Å²) in [4.78, 5) is 24.3. The minimum atomic E-state index is -1.78. The van der Waals surface area contributed by atoms with Gasteiger partial charge in [-0.25, -0.2) is 28.4 Å². The number of nitrogens with zero attached hydrogens (tertiary/aromatic N) is 5. The molecule has 138 valence electrons. The summed E-state index contributed by atoms with van der Waals surface area (Å²) in [5, 5.41) is 7.58. The third kappa shape index (κ3) is 2.51. The van der Waals surface area contributed by atoms with E-state index in [1.165, 1.54) is 12.3 Å². The highest BCUT2D eigenvalue weighted by atomic mass is 19.1. The summed E-state index contributed by atoms with van der Waals surface area (Å²) in [5.41, 5.74) is 1.52. The number of alkyl halides is 1. The van der Waals surface area contributed by atoms with Crippen LogP contribution >= 0.6 is 0 Å². The van der Waals surface area contributed by atoms with Gasteiger partial charge in [0.1, 0.15) is 17.3 Å². The molecule has 28 heavy (non-hydrogen) atoms. The van der Waals surface area contributed by atoms with E-state index in [1.54, 1.807) is 41.2 Å². The average Bonchev–Trinajstić information content (AvgIpc) is 3.21. The van der Waals surface area contributed by atoms with E-state index in [0.717, 1.165) is 0 Å². The minimum Gasteiger partial charge on any atom is -0.307 e. The molecule has 0 radical (unpaired) electrons. The number of aromatic nitrogens is 5. The standard InChI is InChI=1S/C19H12F2N6O/c20-13-6-2-1-4-10(13)9-27-18-11(5-3-7-22-18)15(26-27)17-23-8-12-14(21)19(28)25-16(12)24-17/h1-8,14H,9H2,(H,23,24,25,28). The topological polar surface area (TPSA) is 85.6 Å². The predicted molar refractivity (Wildman–Crippen MR) is 96.5 cm³/mol. The molecule has 3 aromatic heterocycles. The van der Waals surface area contributed by atoms with Gasteiger partial charge >= 0.3 is 0 Å². The third-order valence-corrected chi connectivity index (χ3v) is 4.56. The fourth-order valence-corrected chi connectivity index (χ4v) is 3.18. The molecule has 5 rings (SSSR count). The number of anilines is 1. The molecule has 7 nitrogen and oxygen atoms in total. The van der Waals surface area contributed by atoms with E-state index in [2.05, 4.69) is 25.4 Å². The number of fused-ring (bicyclic) bond motifs is 2. The number of hydrogen-bond donors (Lipinski definition) is 1. The van der Waals surface area contributed by atoms with Crippen LogP contribution in [0.25, 0.3) is 22.6 Å². The van der Waals surface area contributed by atoms with Gasteiger partial charge < -0.3 is 5.32 Å². The number of hydrogen-bond acceptors (Lipinski definition) is 5. The summed E-state index contributed by atoms with van der Waals surface area (Å²) in [6.07, 6.45) is 1.11. The molecule has 4 heterocycles. The van der Waals surface area contributed by atoms with E-state index in [9.17, 15) is 13.6 Å². The Labute approximate surface area is 157 Å². The number of benzene rings is 1. The van der Waals surface area contributed by atoms with Crippen molar-refractivity contribution in [3.05, 3.63) is 65.7 Å². The van der Waals surface area contributed by atoms with E-state index in [1.807, 2.05) is 0 Å². The lowest BCUT2D eigenvalue weighted by atomic mass is 10.2. The van der Waals surface area contributed by atoms with Gasteiger partial charge in [0.25, 0.3) is 5.91 Å². The molecule has 1 aliphatic rings. The Bertz CT molecular complexity index is 1240. The SMILES string of the molecule is O=C1Nc2nc(-c3nn(Cc4ccccc4F)c4ncccc34)ncc2C1F. The maximum Gasteiger partial charge on any atom is 0.264 e. The van der Waals surface area contributed by atoms with Crippen molar-refractivity contribution in [1.82, 2.24) is 24.7 Å². The van der Waals surface area contributed by atoms with Gasteiger partial charge in [0, 0.05) is 18.0 Å². The Kier molecular flexibility index (Phi) is 3.61. The fraction of sp³-hybridized carbons (Fsp3) is 0.105. The summed E-state index contributed by atoms with van der Waals surface area (Å²) in [6.45, 7) is 0.175. The van der Waals surface area contributed by atoms with Crippen molar-refractivity contribution in [1.29, 1.82) is 0 Å². The van der Waals surface area contributed by atoms with Gasteiger partial charge in [-0.2, -0.15) is 5.10 Å². The second kappa shape index (κ2) is 6.15. The Morgan fingerprint density at radius 2 is 2.00 bits per heavy atom. The monoisotopic (exact) mass is 378 g/mol. The van der Waals surface area contributed by atoms with Crippen molar-refractivity contribution in [3.63, 3.8) is 0 Å². The van der Waals surface area contributed by atoms with Crippen molar-refractivity contribution in [3.8, 4) is 11.5 Å². The Morgan fingerprint density at radius 3 is 2.86 bits per heavy atom. The highest BCUT2D eigenvalue weighted by Gasteiger charge is 2.32. The second-order valence-corrected chi connectivity index (χ2v) is 6.32. The number of pyridine rings is 1. The van der Waals surface area contributed by atoms with E-state index in [4.69, 9.17) is 0 Å². The van der Waals surface area contributed by atoms with Crippen LogP contribution in [0.15, 0.2) is 48.8 Å². The number of nitrogens with one attached hydrogen (secondary N) is 1. The van der Waals surface area contributed by atoms with Gasteiger partial charge in [-0.1, -0.05) is 18.2 Å². The zero-order valence-corrected chi connectivity index (χ0v) is 14.3. The lowest BCUT2D eigenvalue weighted by Gasteiger charge is -2.04. The van der Waals surface area contributed by atoms with E-state index >= 15 is 0 Å². The van der Waals surface area contributed by atoms with Gasteiger partial charge in [0.2, 0.25) is 6.17 Å². The molecule has 1 amide bonds. The zero-order chi connectivity index (χ0) is 19.3. The van der Waals surface area contributed by atoms with Crippen LogP contribution in [-0.2, 0) is 11.3 Å². The maximum atomic E-state index is 14.1. The molecule has 0 spiro atoms. The van der Waals surface area contributed by atoms with Crippen LogP contribution < -0.4 is 5.32 Å². The highest BCUT2D eigenvalue weighted by Crippen LogP contribution is 2.33. The molecule has 0 fully saturated rings. The summed E-state index contributed by atoms with van der Waals surface area (Å²) in [7, 11) is 0. The largest absolute Gasteiger partial charge is 0.307 e. The van der Waals surface area contributed by atoms with E-state index in [0.29, 0.717) is 22.3 Å². The van der Waals surface area contributed by atoms with Crippen LogP contribution in [0.5, 0.6) is 0 Å². The second-order valence-electron chi connectivity index (χ2n) is 6.32. The number of halogens is 2. The number of carbonyl (C=O) groups excluding carboxylic acids is 1. The third-order valence-electron chi connectivity index (χ3n) is 4.56. The molecule has 1 unspecified atom stereocenters. The molecular formula is C19H12F2N6O. The van der Waals surface area contributed by atoms with Gasteiger partial charge in [-0.05, 0) is 18.2 Å². The summed E-state index contributed by atoms with van der Waals surface area (Å²) >= 11 is 0. The van der Waals surface area contributed by atoms with E-state index in [-0.39, 0.29) is 29.6 Å². The normalized spacial score (nSPS) is 15.6. The molecule has 1 atom stereocenters. The van der Waals surface area contributed by atoms with Crippen molar-refractivity contribution >= 4 is 22.8 Å². The molecule has 4 aromatic rings. The molecule has 1 N–H and O–H groups in total. The number of amides is 1. The van der Waals surface area contributed by atoms with Gasteiger partial charge in [-0.3, -0.25) is 4.79 Å². The van der Waals surface area contributed by atoms with E-state index < -0.39 is 12.1 Å². The van der Waals surface area contributed by atoms with Gasteiger partial charge in [-0.15, -0.1) is 0 Å². The number of carbonyl (C=O) groups is 1. The van der Waals surface area contributed by atoms with Crippen LogP contribution in [0, 0.1) is 5.82 Å². The molecule has 1 aromatic carbocycles. The average molecular weight is 378 g/mol. The van der Waals surface area contributed by atoms with Crippen LogP contribution in [0.1, 0.15) is 17.3 Å². The van der Waals surface area contributed by atoms with Crippen molar-refractivity contribution in [2.24, 2.45) is 0 Å². The van der Waals surface area contributed by atoms with Crippen LogP contribution in [0.3, 0.4) is 0 Å². The maximum absolute atomic E-state index is 14.1. The summed E-state index contributed by atoms with van der Waals surface area (Å²) in [5.74, 6) is -0.756. The molecule has 0 aliphatic carbocycles. The van der Waals surface area contributed by atoms with Crippen LogP contribution in [-0.4, -0.2) is 30.6 Å². The quantitative estimate of drug-likeness (QED) is 0.592. The molecule has 1 aliphatic heterocycles. The fourth-order valence-electron chi connectivity index (χ4n) is 3.18. The highest BCUT2D eigenvalue weighted by molar-refractivity contribution is 6.01. The zero-order valence-electron chi connectivity index (χ0n) is 14.3. The first-order valence-corrected chi connectivity index (χ1v) is 8.49. The smallest absolute Gasteiger partial charge is 0.264 e. The van der Waals surface area contributed by atoms with Crippen LogP contribution in [0.4, 0.5) is 14.6 Å². The van der Waals surface area contributed by atoms with Gasteiger partial charge in [0.15, 0.2) is 11.5 Å². The Morgan fingerprint density at radius 1 is 1.14 bits per heavy atom. The summed E-state index contributed by atoms with van der Waals surface area (Å²) < 4.78 is 29.5. The number of rotatable bonds is 3. The molecule has 0 saturated carbocycles. The lowest BCUT2D eigenvalue weighted by molar-refractivity contribution is -0.120. The molecule has 0 bridgehead atoms. The molecule has 0 saturated heterocycles. The first kappa shape index (κ1) is 16.4. The van der Waals surface area contributed by atoms with Crippen LogP contribution in [0.2, 0.25) is 0 Å². The van der Waals surface area contributed by atoms with Crippen molar-refractivity contribution < 1.29 is 13.6 Å². The molecule has 9 heteroatoms. The lowest BCUT2D eigenvalue weighted by Crippen LogP contribution is -2.07. The van der Waals surface area contributed by atoms with Gasteiger partial charge in [0.05, 0.1) is 17.5 Å². The Hall–Kier alpha value is -3.75. The van der Waals surface area contributed by atoms with Crippen molar-refractivity contribution in [2.45, 2.75) is 12.7 Å². The molecular weight excluding hydrogens is 366 g/mol. The minimum absolute atomic E-state index is 0.0990. The predicted octanol–water partition coefficient (Wildman–Crippen LogP) is 3.04.